The highest BCUT2D eigenvalue weighted by molar-refractivity contribution is 7.89. The Hall–Kier alpha value is -4.10. The zero-order valence-electron chi connectivity index (χ0n) is 20.7. The van der Waals surface area contributed by atoms with Gasteiger partial charge in [-0.2, -0.15) is 4.31 Å². The van der Waals surface area contributed by atoms with Crippen LogP contribution in [0.15, 0.2) is 59.5 Å². The predicted molar refractivity (Wildman–Crippen MR) is 138 cm³/mol. The lowest BCUT2D eigenvalue weighted by atomic mass is 10.0. The third-order valence-corrected chi connectivity index (χ3v) is 9.01. The second-order valence-corrected chi connectivity index (χ2v) is 11.7. The minimum absolute atomic E-state index is 0.0525. The number of hydrogen-bond donors (Lipinski definition) is 1. The van der Waals surface area contributed by atoms with Gasteiger partial charge in [0, 0.05) is 37.0 Å². The fourth-order valence-electron chi connectivity index (χ4n) is 5.12. The molecule has 2 aliphatic rings. The molecule has 6 rings (SSSR count). The summed E-state index contributed by atoms with van der Waals surface area (Å²) in [7, 11) is -4.64. The Kier molecular flexibility index (Phi) is 6.04. The lowest BCUT2D eigenvalue weighted by Gasteiger charge is -2.20. The van der Waals surface area contributed by atoms with Gasteiger partial charge in [-0.05, 0) is 41.0 Å². The fraction of sp³-hybridized carbons (Fsp3) is 0.222. The molecule has 0 unspecified atom stereocenters. The molecule has 1 saturated heterocycles. The number of aromatic nitrogens is 2. The van der Waals surface area contributed by atoms with Gasteiger partial charge in [0.05, 0.1) is 17.0 Å². The van der Waals surface area contributed by atoms with Crippen molar-refractivity contribution >= 4 is 32.8 Å². The normalized spacial score (nSPS) is 16.9. The highest BCUT2D eigenvalue weighted by Crippen LogP contribution is 2.37. The summed E-state index contributed by atoms with van der Waals surface area (Å²) >= 11 is 0. The van der Waals surface area contributed by atoms with Gasteiger partial charge in [0.2, 0.25) is 16.0 Å². The molecule has 3 heterocycles. The lowest BCUT2D eigenvalue weighted by Crippen LogP contribution is -2.32. The quantitative estimate of drug-likeness (QED) is 0.365. The van der Waals surface area contributed by atoms with Crippen molar-refractivity contribution in [2.24, 2.45) is 0 Å². The second-order valence-electron chi connectivity index (χ2n) is 9.80. The van der Waals surface area contributed by atoms with Crippen LogP contribution in [0.4, 0.5) is 23.5 Å². The number of hydrogen-bond acceptors (Lipinski definition) is 6. The molecule has 3 aromatic carbocycles. The Bertz CT molecular complexity index is 1790. The van der Waals surface area contributed by atoms with Crippen molar-refractivity contribution in [3.8, 4) is 11.1 Å². The molecule has 0 atom stereocenters. The zero-order valence-corrected chi connectivity index (χ0v) is 21.6. The standard InChI is InChI=1S/C27H21F4N5O3S/c28-20-10-18(23(11-21(20)29)40(38,39)36-8-7-27(30,31)14-36)15-5-6-22-19(9-15)24(34-26(32)33-22)25(37)35-12-16-3-1-2-4-17(16)13-35/h1-6,9-11H,7-8,12-14H2,(H2,32,33,34). The number of nitrogen functional groups attached to an aromatic ring is 1. The van der Waals surface area contributed by atoms with Crippen molar-refractivity contribution < 1.29 is 30.8 Å². The number of benzene rings is 3. The summed E-state index contributed by atoms with van der Waals surface area (Å²) in [5, 5.41) is 0.202. The molecule has 8 nitrogen and oxygen atoms in total. The van der Waals surface area contributed by atoms with Crippen molar-refractivity contribution in [3.63, 3.8) is 0 Å². The number of carbonyl (C=O) groups excluding carboxylic acids is 1. The number of halogens is 4. The molecular formula is C27H21F4N5O3S. The van der Waals surface area contributed by atoms with E-state index in [1.54, 1.807) is 4.90 Å². The van der Waals surface area contributed by atoms with Crippen molar-refractivity contribution in [1.29, 1.82) is 0 Å². The van der Waals surface area contributed by atoms with Crippen LogP contribution in [0.5, 0.6) is 0 Å². The zero-order chi connectivity index (χ0) is 28.4. The van der Waals surface area contributed by atoms with Gasteiger partial charge >= 0.3 is 0 Å². The van der Waals surface area contributed by atoms with E-state index >= 15 is 0 Å². The number of carbonyl (C=O) groups is 1. The molecule has 1 aromatic heterocycles. The van der Waals surface area contributed by atoms with Crippen LogP contribution in [0.1, 0.15) is 28.0 Å². The third kappa shape index (κ3) is 4.44. The number of nitrogens with zero attached hydrogens (tertiary/aromatic N) is 4. The first kappa shape index (κ1) is 26.1. The maximum atomic E-state index is 14.4. The molecule has 0 aliphatic carbocycles. The molecule has 206 valence electrons. The van der Waals surface area contributed by atoms with E-state index in [4.69, 9.17) is 5.73 Å². The van der Waals surface area contributed by atoms with E-state index in [-0.39, 0.29) is 33.7 Å². The van der Waals surface area contributed by atoms with Crippen LogP contribution in [0, 0.1) is 11.6 Å². The molecular weight excluding hydrogens is 550 g/mol. The summed E-state index contributed by atoms with van der Waals surface area (Å²) < 4.78 is 83.7. The van der Waals surface area contributed by atoms with Gasteiger partial charge in [0.25, 0.3) is 11.8 Å². The third-order valence-electron chi connectivity index (χ3n) is 7.13. The van der Waals surface area contributed by atoms with Crippen LogP contribution < -0.4 is 5.73 Å². The highest BCUT2D eigenvalue weighted by atomic mass is 32.2. The van der Waals surface area contributed by atoms with Crippen molar-refractivity contribution in [3.05, 3.63) is 83.1 Å². The molecule has 0 spiro atoms. The van der Waals surface area contributed by atoms with Crippen LogP contribution in [0.25, 0.3) is 22.0 Å². The van der Waals surface area contributed by atoms with E-state index in [0.717, 1.165) is 11.1 Å². The molecule has 1 fully saturated rings. The summed E-state index contributed by atoms with van der Waals surface area (Å²) in [6.45, 7) is -0.872. The van der Waals surface area contributed by atoms with E-state index in [1.165, 1.54) is 18.2 Å². The maximum absolute atomic E-state index is 14.4. The number of anilines is 1. The van der Waals surface area contributed by atoms with Crippen LogP contribution in [-0.4, -0.2) is 52.5 Å². The molecule has 2 N–H and O–H groups in total. The van der Waals surface area contributed by atoms with Gasteiger partial charge in [0.1, 0.15) is 5.69 Å². The minimum Gasteiger partial charge on any atom is -0.368 e. The van der Waals surface area contributed by atoms with Gasteiger partial charge < -0.3 is 10.6 Å². The Morgan fingerprint density at radius 1 is 0.950 bits per heavy atom. The average Bonchev–Trinajstić information content (AvgIpc) is 3.52. The molecule has 40 heavy (non-hydrogen) atoms. The van der Waals surface area contributed by atoms with Crippen LogP contribution in [-0.2, 0) is 23.1 Å². The van der Waals surface area contributed by atoms with Crippen LogP contribution in [0.2, 0.25) is 0 Å². The molecule has 2 aliphatic heterocycles. The Morgan fingerprint density at radius 2 is 1.62 bits per heavy atom. The largest absolute Gasteiger partial charge is 0.368 e. The fourth-order valence-corrected chi connectivity index (χ4v) is 6.80. The van der Waals surface area contributed by atoms with E-state index in [0.29, 0.717) is 29.5 Å². The molecule has 0 bridgehead atoms. The molecule has 4 aromatic rings. The number of rotatable bonds is 4. The monoisotopic (exact) mass is 571 g/mol. The Balaban J connectivity index is 1.47. The summed E-state index contributed by atoms with van der Waals surface area (Å²) in [5.41, 5.74) is 7.87. The molecule has 0 radical (unpaired) electrons. The first-order valence-electron chi connectivity index (χ1n) is 12.2. The number of alkyl halides is 2. The SMILES string of the molecule is Nc1nc(C(=O)N2Cc3ccccc3C2)c2cc(-c3cc(F)c(F)cc3S(=O)(=O)N3CCC(F)(F)C3)ccc2n1. The first-order valence-corrected chi connectivity index (χ1v) is 13.7. The lowest BCUT2D eigenvalue weighted by molar-refractivity contribution is 0.0183. The predicted octanol–water partition coefficient (Wildman–Crippen LogP) is 4.34. The molecule has 13 heteroatoms. The number of fused-ring (bicyclic) bond motifs is 2. The van der Waals surface area contributed by atoms with Crippen LogP contribution in [0.3, 0.4) is 0 Å². The number of amides is 1. The van der Waals surface area contributed by atoms with Crippen LogP contribution >= 0.6 is 0 Å². The number of nitrogens with two attached hydrogens (primary N) is 1. The smallest absolute Gasteiger partial charge is 0.273 e. The van der Waals surface area contributed by atoms with Crippen molar-refractivity contribution in [1.82, 2.24) is 19.2 Å². The minimum atomic E-state index is -4.64. The Labute approximate surface area is 226 Å². The van der Waals surface area contributed by atoms with E-state index in [9.17, 15) is 30.8 Å². The molecule has 0 saturated carbocycles. The maximum Gasteiger partial charge on any atom is 0.273 e. The first-order chi connectivity index (χ1) is 18.9. The van der Waals surface area contributed by atoms with E-state index in [1.807, 2.05) is 24.3 Å². The topological polar surface area (TPSA) is 109 Å². The number of sulfonamides is 1. The van der Waals surface area contributed by atoms with Crippen molar-refractivity contribution in [2.75, 3.05) is 18.8 Å². The van der Waals surface area contributed by atoms with Crippen molar-refractivity contribution in [2.45, 2.75) is 30.3 Å². The van der Waals surface area contributed by atoms with E-state index < -0.39 is 57.9 Å². The van der Waals surface area contributed by atoms with Gasteiger partial charge in [-0.3, -0.25) is 4.79 Å². The molecule has 1 amide bonds. The Morgan fingerprint density at radius 3 is 2.27 bits per heavy atom. The van der Waals surface area contributed by atoms with E-state index in [2.05, 4.69) is 9.97 Å². The summed E-state index contributed by atoms with van der Waals surface area (Å²) in [4.78, 5) is 22.8. The average molecular weight is 572 g/mol. The summed E-state index contributed by atoms with van der Waals surface area (Å²) in [5.74, 6) is -6.64. The summed E-state index contributed by atoms with van der Waals surface area (Å²) in [6.07, 6.45) is -0.689. The van der Waals surface area contributed by atoms with Gasteiger partial charge in [-0.15, -0.1) is 0 Å². The van der Waals surface area contributed by atoms with Gasteiger partial charge in [-0.1, -0.05) is 30.3 Å². The van der Waals surface area contributed by atoms with Gasteiger partial charge in [-0.25, -0.2) is 35.9 Å². The van der Waals surface area contributed by atoms with Gasteiger partial charge in [0.15, 0.2) is 11.6 Å². The second kappa shape index (κ2) is 9.24. The summed E-state index contributed by atoms with van der Waals surface area (Å²) in [6, 6.07) is 13.0. The highest BCUT2D eigenvalue weighted by Gasteiger charge is 2.44.